The van der Waals surface area contributed by atoms with E-state index in [1.165, 1.54) is 11.3 Å². The number of halogens is 1. The Hall–Kier alpha value is -1.56. The van der Waals surface area contributed by atoms with E-state index in [1.807, 2.05) is 18.2 Å². The van der Waals surface area contributed by atoms with Crippen molar-refractivity contribution in [1.82, 2.24) is 4.90 Å². The average molecular weight is 496 g/mol. The Morgan fingerprint density at radius 1 is 1.21 bits per heavy atom. The molecule has 5 atom stereocenters. The van der Waals surface area contributed by atoms with Crippen molar-refractivity contribution in [3.05, 3.63) is 55.7 Å². The van der Waals surface area contributed by atoms with Crippen molar-refractivity contribution in [3.8, 4) is 0 Å². The second kappa shape index (κ2) is 8.90. The number of carbonyl (C=O) groups excluding carboxylic acids is 1. The minimum absolute atomic E-state index is 0.00205. The quantitative estimate of drug-likeness (QED) is 0.594. The van der Waals surface area contributed by atoms with Gasteiger partial charge >= 0.3 is 0 Å². The SMILES string of the molecule is C[C@H]1O[C@@]2(OCc3cc(Cl)c(Cc4ccc(C(=O)N5CCOCC5)s4)cc32)[C@H](O)[C@H](O)[C@H]1O. The van der Waals surface area contributed by atoms with Crippen LogP contribution >= 0.6 is 22.9 Å². The maximum absolute atomic E-state index is 12.8. The van der Waals surface area contributed by atoms with Crippen LogP contribution in [0.15, 0.2) is 24.3 Å². The third-order valence-electron chi connectivity index (χ3n) is 6.53. The zero-order valence-corrected chi connectivity index (χ0v) is 19.6. The van der Waals surface area contributed by atoms with E-state index < -0.39 is 30.2 Å². The number of aliphatic hydroxyl groups excluding tert-OH is 3. The number of thiophene rings is 1. The summed E-state index contributed by atoms with van der Waals surface area (Å²) in [5.41, 5.74) is 2.14. The molecule has 0 bridgehead atoms. The molecule has 178 valence electrons. The van der Waals surface area contributed by atoms with Crippen LogP contribution < -0.4 is 0 Å². The van der Waals surface area contributed by atoms with Gasteiger partial charge in [0.2, 0.25) is 5.79 Å². The summed E-state index contributed by atoms with van der Waals surface area (Å²) < 4.78 is 17.1. The third kappa shape index (κ3) is 4.00. The molecule has 1 amide bonds. The lowest BCUT2D eigenvalue weighted by Crippen LogP contribution is -2.62. The molecule has 3 aliphatic heterocycles. The first kappa shape index (κ1) is 23.2. The molecule has 3 N–H and O–H groups in total. The molecule has 0 saturated carbocycles. The molecular formula is C23H26ClNO7S. The fourth-order valence-corrected chi connectivity index (χ4v) is 5.90. The minimum Gasteiger partial charge on any atom is -0.388 e. The van der Waals surface area contributed by atoms with E-state index in [0.29, 0.717) is 48.2 Å². The smallest absolute Gasteiger partial charge is 0.264 e. The van der Waals surface area contributed by atoms with Gasteiger partial charge in [-0.1, -0.05) is 11.6 Å². The van der Waals surface area contributed by atoms with Crippen molar-refractivity contribution in [3.63, 3.8) is 0 Å². The van der Waals surface area contributed by atoms with Crippen molar-refractivity contribution >= 4 is 28.8 Å². The maximum atomic E-state index is 12.8. The summed E-state index contributed by atoms with van der Waals surface area (Å²) in [4.78, 5) is 16.2. The summed E-state index contributed by atoms with van der Waals surface area (Å²) in [6.07, 6.45) is -4.35. The van der Waals surface area contributed by atoms with Crippen molar-refractivity contribution in [2.75, 3.05) is 26.3 Å². The van der Waals surface area contributed by atoms with Crippen LogP contribution in [0.3, 0.4) is 0 Å². The molecule has 0 unspecified atom stereocenters. The van der Waals surface area contributed by atoms with Crippen LogP contribution in [0.1, 0.15) is 38.2 Å². The third-order valence-corrected chi connectivity index (χ3v) is 7.95. The number of amides is 1. The highest BCUT2D eigenvalue weighted by Gasteiger charge is 2.57. The molecule has 2 aromatic rings. The van der Waals surface area contributed by atoms with Gasteiger partial charge in [-0.2, -0.15) is 0 Å². The molecule has 2 saturated heterocycles. The topological polar surface area (TPSA) is 109 Å². The van der Waals surface area contributed by atoms with Crippen molar-refractivity contribution in [2.45, 2.75) is 50.2 Å². The maximum Gasteiger partial charge on any atom is 0.264 e. The van der Waals surface area contributed by atoms with Crippen molar-refractivity contribution in [2.24, 2.45) is 0 Å². The van der Waals surface area contributed by atoms with Crippen LogP contribution in [-0.4, -0.2) is 76.8 Å². The van der Waals surface area contributed by atoms with Crippen LogP contribution in [0.25, 0.3) is 0 Å². The molecule has 5 rings (SSSR count). The number of aliphatic hydroxyl groups is 3. The first-order valence-corrected chi connectivity index (χ1v) is 12.1. The van der Waals surface area contributed by atoms with Crippen molar-refractivity contribution < 1.29 is 34.3 Å². The van der Waals surface area contributed by atoms with Gasteiger partial charge in [0.1, 0.15) is 18.3 Å². The predicted octanol–water partition coefficient (Wildman–Crippen LogP) is 1.65. The van der Waals surface area contributed by atoms with E-state index in [0.717, 1.165) is 16.0 Å². The normalized spacial score (nSPS) is 31.7. The van der Waals surface area contributed by atoms with Crippen LogP contribution in [-0.2, 0) is 33.0 Å². The summed E-state index contributed by atoms with van der Waals surface area (Å²) in [5, 5.41) is 31.8. The molecule has 2 fully saturated rings. The van der Waals surface area contributed by atoms with E-state index in [-0.39, 0.29) is 12.5 Å². The van der Waals surface area contributed by atoms with E-state index in [4.69, 9.17) is 25.8 Å². The number of nitrogens with zero attached hydrogens (tertiary/aromatic N) is 1. The summed E-state index contributed by atoms with van der Waals surface area (Å²) in [5.74, 6) is -1.57. The summed E-state index contributed by atoms with van der Waals surface area (Å²) in [6.45, 7) is 4.07. The van der Waals surface area contributed by atoms with Gasteiger partial charge in [0.25, 0.3) is 5.91 Å². The highest BCUT2D eigenvalue weighted by molar-refractivity contribution is 7.14. The second-order valence-corrected chi connectivity index (χ2v) is 10.2. The number of hydrogen-bond donors (Lipinski definition) is 3. The lowest BCUT2D eigenvalue weighted by atomic mass is 9.87. The molecule has 33 heavy (non-hydrogen) atoms. The number of ether oxygens (including phenoxy) is 3. The van der Waals surface area contributed by atoms with Crippen LogP contribution in [0.2, 0.25) is 5.02 Å². The van der Waals surface area contributed by atoms with Crippen molar-refractivity contribution in [1.29, 1.82) is 0 Å². The van der Waals surface area contributed by atoms with Gasteiger partial charge in [-0.15, -0.1) is 11.3 Å². The highest BCUT2D eigenvalue weighted by Crippen LogP contribution is 2.47. The minimum atomic E-state index is -1.57. The monoisotopic (exact) mass is 495 g/mol. The largest absolute Gasteiger partial charge is 0.388 e. The predicted molar refractivity (Wildman–Crippen MR) is 120 cm³/mol. The molecule has 1 aromatic heterocycles. The van der Waals surface area contributed by atoms with Crippen LogP contribution in [0, 0.1) is 0 Å². The summed E-state index contributed by atoms with van der Waals surface area (Å²) in [6, 6.07) is 7.36. The lowest BCUT2D eigenvalue weighted by molar-refractivity contribution is -0.362. The average Bonchev–Trinajstić information content (AvgIpc) is 3.42. The Labute approximate surface area is 200 Å². The van der Waals surface area contributed by atoms with E-state index in [1.54, 1.807) is 17.9 Å². The first-order valence-electron chi connectivity index (χ1n) is 10.9. The number of benzene rings is 1. The molecule has 4 heterocycles. The van der Waals surface area contributed by atoms with Gasteiger partial charge in [-0.05, 0) is 42.3 Å². The number of rotatable bonds is 3. The molecule has 1 spiro atoms. The first-order chi connectivity index (χ1) is 15.8. The lowest BCUT2D eigenvalue weighted by Gasteiger charge is -2.45. The van der Waals surface area contributed by atoms with Crippen LogP contribution in [0.4, 0.5) is 0 Å². The molecular weight excluding hydrogens is 470 g/mol. The highest BCUT2D eigenvalue weighted by atomic mass is 35.5. The fraction of sp³-hybridized carbons (Fsp3) is 0.522. The van der Waals surface area contributed by atoms with Gasteiger partial charge in [-0.25, -0.2) is 0 Å². The Morgan fingerprint density at radius 3 is 2.73 bits per heavy atom. The van der Waals surface area contributed by atoms with Gasteiger partial charge in [0.05, 0.1) is 30.8 Å². The second-order valence-electron chi connectivity index (χ2n) is 8.65. The zero-order chi connectivity index (χ0) is 23.3. The standard InChI is InChI=1S/C23H26ClNO7S/c1-12-19(26)20(27)21(28)23(32-12)16-9-13(17(24)10-14(16)11-31-23)8-15-2-3-18(33-15)22(29)25-4-6-30-7-5-25/h2-3,9-10,12,19-21,26-28H,4-8,11H2,1H3/t12-,19+,20-,21-,23-/m1/s1. The molecule has 10 heteroatoms. The van der Waals surface area contributed by atoms with E-state index in [2.05, 4.69) is 0 Å². The van der Waals surface area contributed by atoms with E-state index >= 15 is 0 Å². The zero-order valence-electron chi connectivity index (χ0n) is 18.1. The Balaban J connectivity index is 1.41. The summed E-state index contributed by atoms with van der Waals surface area (Å²) in [7, 11) is 0. The van der Waals surface area contributed by atoms with Gasteiger partial charge < -0.3 is 34.4 Å². The Kier molecular flexibility index (Phi) is 6.26. The van der Waals surface area contributed by atoms with Gasteiger partial charge in [0.15, 0.2) is 0 Å². The molecule has 3 aliphatic rings. The summed E-state index contributed by atoms with van der Waals surface area (Å²) >= 11 is 7.99. The number of carbonyl (C=O) groups is 1. The van der Waals surface area contributed by atoms with Gasteiger partial charge in [0, 0.05) is 35.0 Å². The number of hydrogen-bond acceptors (Lipinski definition) is 8. The fourth-order valence-electron chi connectivity index (χ4n) is 4.65. The van der Waals surface area contributed by atoms with Gasteiger partial charge in [-0.3, -0.25) is 4.79 Å². The molecule has 0 radical (unpaired) electrons. The number of fused-ring (bicyclic) bond motifs is 2. The number of morpholine rings is 1. The molecule has 1 aromatic carbocycles. The molecule has 8 nitrogen and oxygen atoms in total. The van der Waals surface area contributed by atoms with Crippen LogP contribution in [0.5, 0.6) is 0 Å². The Morgan fingerprint density at radius 2 is 1.97 bits per heavy atom. The van der Waals surface area contributed by atoms with E-state index in [9.17, 15) is 20.1 Å². The molecule has 0 aliphatic carbocycles. The Bertz CT molecular complexity index is 1060.